The molecule has 1 amide bonds. The first-order valence-corrected chi connectivity index (χ1v) is 6.60. The third-order valence-electron chi connectivity index (χ3n) is 3.24. The topological polar surface area (TPSA) is 38.8 Å². The Labute approximate surface area is 124 Å². The van der Waals surface area contributed by atoms with Crippen LogP contribution in [-0.4, -0.2) is 49.9 Å². The third kappa shape index (κ3) is 3.88. The van der Waals surface area contributed by atoms with E-state index >= 15 is 0 Å². The van der Waals surface area contributed by atoms with Gasteiger partial charge in [0.05, 0.1) is 6.61 Å². The lowest BCUT2D eigenvalue weighted by atomic mass is 10.1. The highest BCUT2D eigenvalue weighted by Gasteiger charge is 2.38. The van der Waals surface area contributed by atoms with E-state index in [4.69, 9.17) is 9.47 Å². The number of hydrogen-bond acceptors (Lipinski definition) is 3. The van der Waals surface area contributed by atoms with E-state index in [-0.39, 0.29) is 25.3 Å². The Bertz CT molecular complexity index is 547. The summed E-state index contributed by atoms with van der Waals surface area (Å²) in [5.74, 6) is -1.53. The highest BCUT2D eigenvalue weighted by atomic mass is 19.4. The summed E-state index contributed by atoms with van der Waals surface area (Å²) in [4.78, 5) is 12.9. The smallest absolute Gasteiger partial charge is 0.406 e. The van der Waals surface area contributed by atoms with Gasteiger partial charge in [0.1, 0.15) is 6.54 Å². The lowest BCUT2D eigenvalue weighted by molar-refractivity contribution is -0.166. The zero-order chi connectivity index (χ0) is 16.3. The maximum atomic E-state index is 13.6. The molecule has 122 valence electrons. The molecule has 1 aromatic carbocycles. The van der Waals surface area contributed by atoms with Gasteiger partial charge in [-0.15, -0.1) is 0 Å². The van der Waals surface area contributed by atoms with Crippen molar-refractivity contribution in [2.45, 2.75) is 18.7 Å². The van der Waals surface area contributed by atoms with Crippen LogP contribution in [0.15, 0.2) is 18.2 Å². The minimum Gasteiger partial charge on any atom is -0.477 e. The van der Waals surface area contributed by atoms with Crippen molar-refractivity contribution in [2.24, 2.45) is 0 Å². The summed E-state index contributed by atoms with van der Waals surface area (Å²) in [5, 5.41) is 0. The largest absolute Gasteiger partial charge is 0.477 e. The molecule has 1 aliphatic heterocycles. The van der Waals surface area contributed by atoms with Crippen LogP contribution in [0.2, 0.25) is 0 Å². The molecule has 1 aromatic rings. The molecule has 22 heavy (non-hydrogen) atoms. The first-order chi connectivity index (χ1) is 10.3. The van der Waals surface area contributed by atoms with E-state index in [1.807, 2.05) is 0 Å². The molecule has 0 N–H and O–H groups in total. The van der Waals surface area contributed by atoms with Crippen molar-refractivity contribution in [1.29, 1.82) is 0 Å². The summed E-state index contributed by atoms with van der Waals surface area (Å²) in [5.41, 5.74) is 0.469. The number of nitrogens with zero attached hydrogens (tertiary/aromatic N) is 1. The number of methoxy groups -OCH3 is 1. The molecule has 0 aromatic heterocycles. The minimum atomic E-state index is -4.53. The summed E-state index contributed by atoms with van der Waals surface area (Å²) in [6.45, 7) is -1.64. The second kappa shape index (κ2) is 6.51. The molecule has 0 bridgehead atoms. The Morgan fingerprint density at radius 1 is 1.45 bits per heavy atom. The van der Waals surface area contributed by atoms with Crippen molar-refractivity contribution in [3.63, 3.8) is 0 Å². The molecule has 2 rings (SSSR count). The molecule has 4 nitrogen and oxygen atoms in total. The number of para-hydroxylation sites is 1. The first-order valence-electron chi connectivity index (χ1n) is 6.60. The van der Waals surface area contributed by atoms with Crippen LogP contribution >= 0.6 is 0 Å². The van der Waals surface area contributed by atoms with E-state index in [0.717, 1.165) is 0 Å². The molecular weight excluding hydrogens is 306 g/mol. The highest BCUT2D eigenvalue weighted by Crippen LogP contribution is 2.32. The number of hydrogen-bond donors (Lipinski definition) is 0. The molecule has 1 unspecified atom stereocenters. The Balaban J connectivity index is 2.10. The lowest BCUT2D eigenvalue weighted by Gasteiger charge is -2.26. The average Bonchev–Trinajstić information content (AvgIpc) is 2.87. The van der Waals surface area contributed by atoms with Gasteiger partial charge in [0.25, 0.3) is 5.91 Å². The summed E-state index contributed by atoms with van der Waals surface area (Å²) < 4.78 is 61.2. The molecule has 0 fully saturated rings. The third-order valence-corrected chi connectivity index (χ3v) is 3.24. The number of fused-ring (bicyclic) bond motifs is 1. The molecule has 0 aliphatic carbocycles. The van der Waals surface area contributed by atoms with Crippen LogP contribution in [0.25, 0.3) is 0 Å². The fourth-order valence-corrected chi connectivity index (χ4v) is 2.26. The molecule has 1 atom stereocenters. The van der Waals surface area contributed by atoms with Crippen LogP contribution < -0.4 is 4.74 Å². The summed E-state index contributed by atoms with van der Waals surface area (Å²) in [6, 6.07) is 4.21. The zero-order valence-corrected chi connectivity index (χ0v) is 11.8. The number of carbonyl (C=O) groups is 1. The fourth-order valence-electron chi connectivity index (χ4n) is 2.26. The highest BCUT2D eigenvalue weighted by molar-refractivity contribution is 5.82. The summed E-state index contributed by atoms with van der Waals surface area (Å²) >= 11 is 0. The summed E-state index contributed by atoms with van der Waals surface area (Å²) in [7, 11) is 1.33. The van der Waals surface area contributed by atoms with Gasteiger partial charge in [-0.1, -0.05) is 12.1 Å². The van der Waals surface area contributed by atoms with Crippen LogP contribution in [0.5, 0.6) is 5.75 Å². The molecule has 0 saturated carbocycles. The normalized spacial score (nSPS) is 17.0. The van der Waals surface area contributed by atoms with Crippen molar-refractivity contribution >= 4 is 5.91 Å². The second-order valence-corrected chi connectivity index (χ2v) is 4.91. The monoisotopic (exact) mass is 321 g/mol. The summed E-state index contributed by atoms with van der Waals surface area (Å²) in [6.07, 6.45) is -5.63. The molecule has 0 radical (unpaired) electrons. The zero-order valence-electron chi connectivity index (χ0n) is 11.8. The number of ether oxygens (including phenoxy) is 2. The van der Waals surface area contributed by atoms with Crippen molar-refractivity contribution in [2.75, 3.05) is 26.8 Å². The quantitative estimate of drug-likeness (QED) is 0.780. The van der Waals surface area contributed by atoms with Crippen molar-refractivity contribution < 1.29 is 31.8 Å². The van der Waals surface area contributed by atoms with Crippen LogP contribution in [0.4, 0.5) is 17.6 Å². The Morgan fingerprint density at radius 2 is 2.18 bits per heavy atom. The van der Waals surface area contributed by atoms with Gasteiger partial charge in [0.2, 0.25) is 0 Å². The number of alkyl halides is 3. The van der Waals surface area contributed by atoms with Crippen LogP contribution in [0.1, 0.15) is 5.56 Å². The van der Waals surface area contributed by atoms with Crippen molar-refractivity contribution in [3.05, 3.63) is 29.6 Å². The Kier molecular flexibility index (Phi) is 4.90. The molecule has 1 heterocycles. The molecular formula is C14H15F4NO3. The van der Waals surface area contributed by atoms with Gasteiger partial charge in [-0.3, -0.25) is 4.79 Å². The van der Waals surface area contributed by atoms with Crippen molar-refractivity contribution in [3.8, 4) is 5.75 Å². The van der Waals surface area contributed by atoms with Crippen LogP contribution in [-0.2, 0) is 16.0 Å². The Hall–Kier alpha value is -1.83. The van der Waals surface area contributed by atoms with E-state index in [0.29, 0.717) is 10.5 Å². The van der Waals surface area contributed by atoms with E-state index in [1.54, 1.807) is 6.07 Å². The molecule has 0 spiro atoms. The number of halogens is 4. The van der Waals surface area contributed by atoms with E-state index in [1.165, 1.54) is 19.2 Å². The average molecular weight is 321 g/mol. The number of amides is 1. The second-order valence-electron chi connectivity index (χ2n) is 4.91. The predicted molar refractivity (Wildman–Crippen MR) is 69.0 cm³/mol. The number of carbonyl (C=O) groups excluding carboxylic acids is 1. The maximum absolute atomic E-state index is 13.6. The van der Waals surface area contributed by atoms with E-state index in [2.05, 4.69) is 0 Å². The van der Waals surface area contributed by atoms with Gasteiger partial charge in [-0.25, -0.2) is 4.39 Å². The number of rotatable bonds is 5. The van der Waals surface area contributed by atoms with E-state index < -0.39 is 30.5 Å². The Morgan fingerprint density at radius 3 is 2.77 bits per heavy atom. The predicted octanol–water partition coefficient (Wildman–Crippen LogP) is 2.17. The van der Waals surface area contributed by atoms with Gasteiger partial charge in [-0.05, 0) is 6.07 Å². The van der Waals surface area contributed by atoms with Gasteiger partial charge in [0.15, 0.2) is 17.7 Å². The van der Waals surface area contributed by atoms with Gasteiger partial charge in [0, 0.05) is 25.6 Å². The minimum absolute atomic E-state index is 0.0319. The van der Waals surface area contributed by atoms with Gasteiger partial charge >= 0.3 is 6.18 Å². The molecule has 8 heteroatoms. The SMILES string of the molecule is COCCN(CC(F)(F)F)C(=O)C1Cc2cccc(F)c2O1. The fraction of sp³-hybridized carbons (Fsp3) is 0.500. The van der Waals surface area contributed by atoms with Crippen LogP contribution in [0.3, 0.4) is 0 Å². The first kappa shape index (κ1) is 16.5. The van der Waals surface area contributed by atoms with Crippen molar-refractivity contribution in [1.82, 2.24) is 4.90 Å². The lowest BCUT2D eigenvalue weighted by Crippen LogP contribution is -2.47. The van der Waals surface area contributed by atoms with E-state index in [9.17, 15) is 22.4 Å². The number of benzene rings is 1. The van der Waals surface area contributed by atoms with Crippen LogP contribution in [0, 0.1) is 5.82 Å². The van der Waals surface area contributed by atoms with Gasteiger partial charge < -0.3 is 14.4 Å². The molecule has 1 aliphatic rings. The maximum Gasteiger partial charge on any atom is 0.406 e. The van der Waals surface area contributed by atoms with Gasteiger partial charge in [-0.2, -0.15) is 13.2 Å². The standard InChI is InChI=1S/C14H15F4NO3/c1-21-6-5-19(8-14(16,17)18)13(20)11-7-9-3-2-4-10(15)12(9)22-11/h2-4,11H,5-8H2,1H3. The molecule has 0 saturated heterocycles.